The predicted molar refractivity (Wildman–Crippen MR) is 114 cm³/mol. The Kier molecular flexibility index (Phi) is 5.34. The smallest absolute Gasteiger partial charge is 0.416 e. The van der Waals surface area contributed by atoms with E-state index < -0.39 is 35.3 Å². The molecular weight excluding hydrogens is 455 g/mol. The van der Waals surface area contributed by atoms with Crippen LogP contribution in [0.2, 0.25) is 0 Å². The summed E-state index contributed by atoms with van der Waals surface area (Å²) in [5, 5.41) is 0. The number of alkyl halides is 3. The summed E-state index contributed by atoms with van der Waals surface area (Å²) in [5.74, 6) is -1.98. The number of fused-ring (bicyclic) bond motifs is 1. The maximum Gasteiger partial charge on any atom is 0.416 e. The first-order valence-corrected chi connectivity index (χ1v) is 10.5. The number of carbonyl (C=O) groups excluding carboxylic acids is 1. The normalized spacial score (nSPS) is 16.4. The number of halogens is 5. The van der Waals surface area contributed by atoms with Crippen molar-refractivity contribution in [1.82, 2.24) is 9.88 Å². The molecule has 1 amide bonds. The van der Waals surface area contributed by atoms with Crippen LogP contribution in [0.25, 0.3) is 22.2 Å². The molecule has 4 aromatic rings. The van der Waals surface area contributed by atoms with Crippen molar-refractivity contribution >= 4 is 17.0 Å². The van der Waals surface area contributed by atoms with Crippen LogP contribution >= 0.6 is 0 Å². The number of nitrogens with zero attached hydrogens (tertiary/aromatic N) is 2. The number of hydrogen-bond acceptors (Lipinski definition) is 3. The summed E-state index contributed by atoms with van der Waals surface area (Å²) in [6, 6.07) is 12.3. The van der Waals surface area contributed by atoms with Gasteiger partial charge in [-0.3, -0.25) is 4.79 Å². The topological polar surface area (TPSA) is 46.3 Å². The Morgan fingerprint density at radius 2 is 1.65 bits per heavy atom. The number of benzene rings is 3. The van der Waals surface area contributed by atoms with E-state index in [1.807, 2.05) is 0 Å². The average molecular weight is 472 g/mol. The van der Waals surface area contributed by atoms with Crippen LogP contribution in [0.5, 0.6) is 0 Å². The summed E-state index contributed by atoms with van der Waals surface area (Å²) < 4.78 is 71.2. The van der Waals surface area contributed by atoms with E-state index in [4.69, 9.17) is 4.42 Å². The monoisotopic (exact) mass is 472 g/mol. The highest BCUT2D eigenvalue weighted by atomic mass is 19.4. The molecule has 4 nitrogen and oxygen atoms in total. The molecule has 3 aromatic carbocycles. The molecule has 1 aliphatic heterocycles. The lowest BCUT2D eigenvalue weighted by molar-refractivity contribution is -0.137. The summed E-state index contributed by atoms with van der Waals surface area (Å²) >= 11 is 0. The summed E-state index contributed by atoms with van der Waals surface area (Å²) in [7, 11) is 0. The first-order chi connectivity index (χ1) is 16.2. The highest BCUT2D eigenvalue weighted by molar-refractivity contribution is 5.94. The quantitative estimate of drug-likeness (QED) is 0.309. The molecule has 34 heavy (non-hydrogen) atoms. The molecule has 1 atom stereocenters. The van der Waals surface area contributed by atoms with E-state index in [0.717, 1.165) is 24.3 Å². The van der Waals surface area contributed by atoms with Gasteiger partial charge in [0, 0.05) is 12.1 Å². The Labute approximate surface area is 190 Å². The number of oxazole rings is 1. The first-order valence-electron chi connectivity index (χ1n) is 10.5. The zero-order chi connectivity index (χ0) is 24.0. The van der Waals surface area contributed by atoms with Crippen LogP contribution in [-0.4, -0.2) is 22.3 Å². The zero-order valence-corrected chi connectivity index (χ0v) is 17.6. The van der Waals surface area contributed by atoms with Gasteiger partial charge in [0.1, 0.15) is 11.6 Å². The summed E-state index contributed by atoms with van der Waals surface area (Å²) in [4.78, 5) is 19.1. The second kappa shape index (κ2) is 8.23. The van der Waals surface area contributed by atoms with E-state index >= 15 is 0 Å². The van der Waals surface area contributed by atoms with Crippen molar-refractivity contribution < 1.29 is 31.2 Å². The molecule has 0 saturated carbocycles. The minimum Gasteiger partial charge on any atom is -0.438 e. The van der Waals surface area contributed by atoms with Crippen molar-refractivity contribution in [3.63, 3.8) is 0 Å². The lowest BCUT2D eigenvalue weighted by Crippen LogP contribution is -2.30. The van der Waals surface area contributed by atoms with Gasteiger partial charge in [-0.25, -0.2) is 13.8 Å². The second-order valence-corrected chi connectivity index (χ2v) is 8.10. The number of aromatic nitrogens is 1. The van der Waals surface area contributed by atoms with Crippen molar-refractivity contribution in [1.29, 1.82) is 0 Å². The van der Waals surface area contributed by atoms with Crippen molar-refractivity contribution in [3.05, 3.63) is 89.3 Å². The molecule has 0 radical (unpaired) electrons. The highest BCUT2D eigenvalue weighted by Gasteiger charge is 2.35. The van der Waals surface area contributed by atoms with Gasteiger partial charge in [0.15, 0.2) is 17.2 Å². The van der Waals surface area contributed by atoms with Crippen LogP contribution in [0.1, 0.15) is 40.7 Å². The van der Waals surface area contributed by atoms with Crippen LogP contribution < -0.4 is 0 Å². The van der Waals surface area contributed by atoms with E-state index in [2.05, 4.69) is 4.98 Å². The van der Waals surface area contributed by atoms with E-state index in [-0.39, 0.29) is 5.56 Å². The molecule has 0 spiro atoms. The fourth-order valence-electron chi connectivity index (χ4n) is 4.18. The van der Waals surface area contributed by atoms with Gasteiger partial charge in [-0.1, -0.05) is 12.1 Å². The maximum atomic E-state index is 13.6. The van der Waals surface area contributed by atoms with Crippen molar-refractivity contribution in [2.75, 3.05) is 6.54 Å². The van der Waals surface area contributed by atoms with Crippen molar-refractivity contribution in [2.24, 2.45) is 0 Å². The third kappa shape index (κ3) is 4.02. The third-order valence-electron chi connectivity index (χ3n) is 5.91. The molecule has 1 fully saturated rings. The Morgan fingerprint density at radius 1 is 0.941 bits per heavy atom. The summed E-state index contributed by atoms with van der Waals surface area (Å²) in [6.45, 7) is 0.420. The highest BCUT2D eigenvalue weighted by Crippen LogP contribution is 2.36. The van der Waals surface area contributed by atoms with Gasteiger partial charge in [0.25, 0.3) is 5.91 Å². The molecule has 0 aliphatic carbocycles. The van der Waals surface area contributed by atoms with Crippen LogP contribution in [0.3, 0.4) is 0 Å². The van der Waals surface area contributed by atoms with Gasteiger partial charge >= 0.3 is 6.18 Å². The molecule has 174 valence electrons. The average Bonchev–Trinajstić information content (AvgIpc) is 3.46. The van der Waals surface area contributed by atoms with Gasteiger partial charge in [0.2, 0.25) is 5.89 Å². The van der Waals surface area contributed by atoms with E-state index in [9.17, 15) is 26.7 Å². The lowest BCUT2D eigenvalue weighted by Gasteiger charge is -2.22. The number of likely N-dealkylation sites (tertiary alicyclic amines) is 1. The molecule has 1 saturated heterocycles. The van der Waals surface area contributed by atoms with Gasteiger partial charge < -0.3 is 9.32 Å². The van der Waals surface area contributed by atoms with Crippen LogP contribution in [-0.2, 0) is 6.18 Å². The second-order valence-electron chi connectivity index (χ2n) is 8.10. The molecule has 0 bridgehead atoms. The number of rotatable bonds is 3. The maximum absolute atomic E-state index is 13.6. The fourth-order valence-corrected chi connectivity index (χ4v) is 4.18. The van der Waals surface area contributed by atoms with Crippen molar-refractivity contribution in [2.45, 2.75) is 25.1 Å². The Balaban J connectivity index is 1.42. The van der Waals surface area contributed by atoms with Crippen molar-refractivity contribution in [3.8, 4) is 11.1 Å². The van der Waals surface area contributed by atoms with Gasteiger partial charge in [-0.15, -0.1) is 0 Å². The lowest BCUT2D eigenvalue weighted by atomic mass is 10.1. The van der Waals surface area contributed by atoms with E-state index in [0.29, 0.717) is 47.5 Å². The first kappa shape index (κ1) is 22.1. The molecule has 1 aliphatic rings. The van der Waals surface area contributed by atoms with Crippen LogP contribution in [0.4, 0.5) is 22.0 Å². The van der Waals surface area contributed by atoms with Gasteiger partial charge in [0.05, 0.1) is 5.56 Å². The van der Waals surface area contributed by atoms with Crippen LogP contribution in [0.15, 0.2) is 65.1 Å². The largest absolute Gasteiger partial charge is 0.438 e. The molecule has 0 N–H and O–H groups in total. The van der Waals surface area contributed by atoms with Gasteiger partial charge in [-0.2, -0.15) is 13.2 Å². The predicted octanol–water partition coefficient (Wildman–Crippen LogP) is 6.77. The number of amides is 1. The number of carbonyl (C=O) groups is 1. The molecule has 1 unspecified atom stereocenters. The van der Waals surface area contributed by atoms with Gasteiger partial charge in [-0.05, 0) is 72.5 Å². The Bertz CT molecular complexity index is 1380. The Hall–Kier alpha value is -3.75. The van der Waals surface area contributed by atoms with E-state index in [1.165, 1.54) is 18.2 Å². The fraction of sp³-hybridized carbons (Fsp3) is 0.200. The summed E-state index contributed by atoms with van der Waals surface area (Å²) in [5.41, 5.74) is 1.39. The minimum atomic E-state index is -4.48. The van der Waals surface area contributed by atoms with Crippen LogP contribution in [0, 0.1) is 11.6 Å². The SMILES string of the molecule is O=C(c1ccc(C(F)(F)F)cc1)N1CCCC1c1nc2cc(-c3ccc(F)c(F)c3)ccc2o1. The van der Waals surface area contributed by atoms with E-state index in [1.54, 1.807) is 23.1 Å². The molecule has 9 heteroatoms. The molecule has 2 heterocycles. The summed E-state index contributed by atoms with van der Waals surface area (Å²) in [6.07, 6.45) is -3.19. The third-order valence-corrected chi connectivity index (χ3v) is 5.91. The molecular formula is C25H17F5N2O2. The number of hydrogen-bond donors (Lipinski definition) is 0. The molecule has 5 rings (SSSR count). The molecule has 1 aromatic heterocycles. The zero-order valence-electron chi connectivity index (χ0n) is 17.6. The standard InChI is InChI=1S/C25H17F5N2O2/c26-18-9-5-15(12-19(18)27)16-6-10-22-20(13-16)31-23(34-22)21-2-1-11-32(21)24(33)14-3-7-17(8-4-14)25(28,29)30/h3-10,12-13,21H,1-2,11H2. The minimum absolute atomic E-state index is 0.150. The Morgan fingerprint density at radius 3 is 2.35 bits per heavy atom.